The summed E-state index contributed by atoms with van der Waals surface area (Å²) in [6.45, 7) is 3.58. The number of methoxy groups -OCH3 is 1. The lowest BCUT2D eigenvalue weighted by Gasteiger charge is -2.35. The molecule has 2 aromatic rings. The van der Waals surface area contributed by atoms with E-state index in [0.29, 0.717) is 18.9 Å². The first-order valence-corrected chi connectivity index (χ1v) is 8.47. The third kappa shape index (κ3) is 3.94. The third-order valence-electron chi connectivity index (χ3n) is 4.51. The van der Waals surface area contributed by atoms with E-state index >= 15 is 0 Å². The molecule has 1 aromatic carbocycles. The normalized spacial score (nSPS) is 17.8. The van der Waals surface area contributed by atoms with E-state index < -0.39 is 4.92 Å². The summed E-state index contributed by atoms with van der Waals surface area (Å²) >= 11 is 0. The van der Waals surface area contributed by atoms with E-state index in [1.54, 1.807) is 18.3 Å². The van der Waals surface area contributed by atoms with Gasteiger partial charge < -0.3 is 19.4 Å². The van der Waals surface area contributed by atoms with Gasteiger partial charge in [-0.2, -0.15) is 0 Å². The summed E-state index contributed by atoms with van der Waals surface area (Å²) < 4.78 is 12.8. The monoisotopic (exact) mass is 361 g/mol. The van der Waals surface area contributed by atoms with Gasteiger partial charge in [0.1, 0.15) is 18.2 Å². The first-order chi connectivity index (χ1) is 12.6. The molecule has 1 aromatic heterocycles. The van der Waals surface area contributed by atoms with E-state index in [1.165, 1.54) is 13.2 Å². The van der Waals surface area contributed by atoms with Crippen molar-refractivity contribution in [2.75, 3.05) is 39.9 Å². The second kappa shape index (κ2) is 8.15. The number of hydrogen-bond acceptors (Lipinski definition) is 7. The number of nitrogens with zero attached hydrogens (tertiary/aromatic N) is 4. The molecule has 0 saturated carbocycles. The Labute approximate surface area is 151 Å². The van der Waals surface area contributed by atoms with E-state index in [0.717, 1.165) is 25.5 Å². The second-order valence-corrected chi connectivity index (χ2v) is 6.09. The van der Waals surface area contributed by atoms with Crippen LogP contribution >= 0.6 is 0 Å². The summed E-state index contributed by atoms with van der Waals surface area (Å²) in [5.41, 5.74) is -0.0923. The van der Waals surface area contributed by atoms with Crippen LogP contribution in [-0.2, 0) is 7.05 Å². The smallest absolute Gasteiger partial charge is 0.314 e. The number of aromatic nitrogens is 2. The average molecular weight is 361 g/mol. The molecule has 1 atom stereocenters. The minimum atomic E-state index is -0.459. The highest BCUT2D eigenvalue weighted by molar-refractivity contribution is 5.50. The van der Waals surface area contributed by atoms with Crippen molar-refractivity contribution in [1.29, 1.82) is 0 Å². The van der Waals surface area contributed by atoms with Crippen LogP contribution in [0.1, 0.15) is 11.9 Å². The fraction of sp³-hybridized carbons (Fsp3) is 0.471. The van der Waals surface area contributed by atoms with Crippen LogP contribution in [0.5, 0.6) is 11.5 Å². The van der Waals surface area contributed by atoms with Crippen molar-refractivity contribution in [1.82, 2.24) is 19.8 Å². The van der Waals surface area contributed by atoms with Crippen molar-refractivity contribution < 1.29 is 14.4 Å². The van der Waals surface area contributed by atoms with Gasteiger partial charge in [-0.05, 0) is 12.1 Å². The molecule has 0 spiro atoms. The topological polar surface area (TPSA) is 94.7 Å². The maximum Gasteiger partial charge on any atom is 0.314 e. The van der Waals surface area contributed by atoms with Crippen LogP contribution in [-0.4, -0.2) is 59.3 Å². The van der Waals surface area contributed by atoms with Crippen molar-refractivity contribution in [3.05, 3.63) is 46.5 Å². The molecule has 0 aliphatic carbocycles. The van der Waals surface area contributed by atoms with E-state index in [9.17, 15) is 10.1 Å². The highest BCUT2D eigenvalue weighted by atomic mass is 16.6. The van der Waals surface area contributed by atoms with Crippen molar-refractivity contribution in [2.45, 2.75) is 6.04 Å². The fourth-order valence-electron chi connectivity index (χ4n) is 3.13. The van der Waals surface area contributed by atoms with Gasteiger partial charge in [0, 0.05) is 45.6 Å². The van der Waals surface area contributed by atoms with Crippen molar-refractivity contribution >= 4 is 5.69 Å². The third-order valence-corrected chi connectivity index (χ3v) is 4.51. The van der Waals surface area contributed by atoms with Crippen LogP contribution in [0.2, 0.25) is 0 Å². The Bertz CT molecular complexity index is 763. The number of nitro benzene ring substituents is 1. The first kappa shape index (κ1) is 18.2. The number of piperazine rings is 1. The summed E-state index contributed by atoms with van der Waals surface area (Å²) in [5.74, 6) is 1.67. The number of imidazole rings is 1. The van der Waals surface area contributed by atoms with Crippen LogP contribution in [0.25, 0.3) is 0 Å². The van der Waals surface area contributed by atoms with Gasteiger partial charge in [0.15, 0.2) is 5.75 Å². The number of nitro groups is 1. The molecule has 3 rings (SSSR count). The Morgan fingerprint density at radius 3 is 3.00 bits per heavy atom. The van der Waals surface area contributed by atoms with Gasteiger partial charge in [-0.1, -0.05) is 0 Å². The maximum atomic E-state index is 11.2. The molecule has 1 unspecified atom stereocenters. The van der Waals surface area contributed by atoms with E-state index in [-0.39, 0.29) is 17.5 Å². The number of nitrogens with one attached hydrogen (secondary N) is 1. The zero-order chi connectivity index (χ0) is 18.5. The minimum Gasteiger partial charge on any atom is -0.496 e. The average Bonchev–Trinajstić information content (AvgIpc) is 3.08. The van der Waals surface area contributed by atoms with Gasteiger partial charge in [-0.15, -0.1) is 0 Å². The van der Waals surface area contributed by atoms with Crippen LogP contribution in [0.4, 0.5) is 5.69 Å². The Morgan fingerprint density at radius 2 is 2.31 bits per heavy atom. The summed E-state index contributed by atoms with van der Waals surface area (Å²) in [4.78, 5) is 17.5. The van der Waals surface area contributed by atoms with Gasteiger partial charge in [-0.3, -0.25) is 15.0 Å². The largest absolute Gasteiger partial charge is 0.496 e. The SMILES string of the molecule is COc1ccc(OCCN2CCNCC2c2nccn2C)c([N+](=O)[O-])c1. The quantitative estimate of drug-likeness (QED) is 0.588. The van der Waals surface area contributed by atoms with E-state index in [4.69, 9.17) is 9.47 Å². The molecule has 1 N–H and O–H groups in total. The minimum absolute atomic E-state index is 0.0923. The zero-order valence-electron chi connectivity index (χ0n) is 14.9. The van der Waals surface area contributed by atoms with Gasteiger partial charge in [-0.25, -0.2) is 4.98 Å². The van der Waals surface area contributed by atoms with Crippen LogP contribution < -0.4 is 14.8 Å². The fourth-order valence-corrected chi connectivity index (χ4v) is 3.13. The highest BCUT2D eigenvalue weighted by Crippen LogP contribution is 2.31. The number of benzene rings is 1. The number of aryl methyl sites for hydroxylation is 1. The summed E-state index contributed by atoms with van der Waals surface area (Å²) in [6, 6.07) is 4.75. The van der Waals surface area contributed by atoms with Gasteiger partial charge >= 0.3 is 5.69 Å². The molecule has 1 aliphatic heterocycles. The lowest BCUT2D eigenvalue weighted by molar-refractivity contribution is -0.385. The van der Waals surface area contributed by atoms with Gasteiger partial charge in [0.2, 0.25) is 0 Å². The molecule has 9 nitrogen and oxygen atoms in total. The van der Waals surface area contributed by atoms with Crippen molar-refractivity contribution in [3.8, 4) is 11.5 Å². The lowest BCUT2D eigenvalue weighted by Crippen LogP contribution is -2.48. The van der Waals surface area contributed by atoms with E-state index in [2.05, 4.69) is 15.2 Å². The van der Waals surface area contributed by atoms with Crippen molar-refractivity contribution in [2.24, 2.45) is 7.05 Å². The standard InChI is InChI=1S/C17H23N5O4/c1-20-7-6-19-17(20)15-12-18-5-8-21(15)9-10-26-16-4-3-13(25-2)11-14(16)22(23)24/h3-4,6-7,11,15,18H,5,8-10,12H2,1-2H3. The van der Waals surface area contributed by atoms with Crippen LogP contribution in [0.3, 0.4) is 0 Å². The number of hydrogen-bond donors (Lipinski definition) is 1. The number of rotatable bonds is 7. The summed E-state index contributed by atoms with van der Waals surface area (Å²) in [5, 5.41) is 14.6. The van der Waals surface area contributed by atoms with Crippen LogP contribution in [0, 0.1) is 10.1 Å². The molecule has 140 valence electrons. The molecule has 26 heavy (non-hydrogen) atoms. The number of ether oxygens (including phenoxy) is 2. The summed E-state index contributed by atoms with van der Waals surface area (Å²) in [6.07, 6.45) is 3.72. The molecular weight excluding hydrogens is 338 g/mol. The predicted molar refractivity (Wildman–Crippen MR) is 95.5 cm³/mol. The van der Waals surface area contributed by atoms with E-state index in [1.807, 2.05) is 17.8 Å². The van der Waals surface area contributed by atoms with Crippen LogP contribution in [0.15, 0.2) is 30.6 Å². The molecule has 0 radical (unpaired) electrons. The second-order valence-electron chi connectivity index (χ2n) is 6.09. The molecule has 9 heteroatoms. The van der Waals surface area contributed by atoms with Gasteiger partial charge in [0.05, 0.1) is 24.1 Å². The maximum absolute atomic E-state index is 11.2. The highest BCUT2D eigenvalue weighted by Gasteiger charge is 2.26. The Balaban J connectivity index is 1.65. The zero-order valence-corrected chi connectivity index (χ0v) is 14.9. The Hall–Kier alpha value is -2.65. The molecule has 1 fully saturated rings. The Morgan fingerprint density at radius 1 is 1.46 bits per heavy atom. The Kier molecular flexibility index (Phi) is 5.69. The summed E-state index contributed by atoms with van der Waals surface area (Å²) in [7, 11) is 3.45. The molecule has 1 aliphatic rings. The first-order valence-electron chi connectivity index (χ1n) is 8.47. The lowest BCUT2D eigenvalue weighted by atomic mass is 10.2. The van der Waals surface area contributed by atoms with Crippen molar-refractivity contribution in [3.63, 3.8) is 0 Å². The molecule has 0 bridgehead atoms. The predicted octanol–water partition coefficient (Wildman–Crippen LogP) is 1.36. The van der Waals surface area contributed by atoms with Gasteiger partial charge in [0.25, 0.3) is 0 Å². The molecule has 2 heterocycles. The molecular formula is C17H23N5O4. The molecule has 0 amide bonds. The molecule has 1 saturated heterocycles.